The first-order chi connectivity index (χ1) is 12.6. The van der Waals surface area contributed by atoms with Crippen molar-refractivity contribution in [1.82, 2.24) is 9.80 Å². The molecule has 1 aromatic carbocycles. The van der Waals surface area contributed by atoms with Crippen LogP contribution in [0.4, 0.5) is 4.39 Å². The summed E-state index contributed by atoms with van der Waals surface area (Å²) in [7, 11) is 1.60. The lowest BCUT2D eigenvalue weighted by Crippen LogP contribution is -2.53. The molecule has 4 unspecified atom stereocenters. The standard InChI is InChI=1S/C20H28FN3O2.2ClH/c1-26-17-5-4-16(21)11-15(17)12-23-6-8-24(9-7-23)20(25)18-13-2-3-14(10-13)19(18)22;;/h4-5,11,13-14,18-19H,2-3,6-10,12,22H2,1H3;2*1H. The van der Waals surface area contributed by atoms with Crippen LogP contribution in [0.3, 0.4) is 0 Å². The van der Waals surface area contributed by atoms with E-state index in [0.717, 1.165) is 44.6 Å². The zero-order valence-corrected chi connectivity index (χ0v) is 17.8. The Morgan fingerprint density at radius 2 is 1.86 bits per heavy atom. The summed E-state index contributed by atoms with van der Waals surface area (Å²) in [5, 5.41) is 0. The topological polar surface area (TPSA) is 58.8 Å². The smallest absolute Gasteiger partial charge is 0.227 e. The highest BCUT2D eigenvalue weighted by molar-refractivity contribution is 5.85. The van der Waals surface area contributed by atoms with Crippen LogP contribution in [0.5, 0.6) is 5.75 Å². The van der Waals surface area contributed by atoms with Gasteiger partial charge in [0.2, 0.25) is 5.91 Å². The molecule has 0 spiro atoms. The molecule has 4 atom stereocenters. The van der Waals surface area contributed by atoms with E-state index in [1.54, 1.807) is 13.2 Å². The van der Waals surface area contributed by atoms with E-state index in [1.807, 2.05) is 4.90 Å². The maximum atomic E-state index is 13.5. The summed E-state index contributed by atoms with van der Waals surface area (Å²) in [5.41, 5.74) is 7.19. The maximum absolute atomic E-state index is 13.5. The number of rotatable bonds is 4. The van der Waals surface area contributed by atoms with Crippen LogP contribution in [0, 0.1) is 23.6 Å². The zero-order chi connectivity index (χ0) is 18.3. The van der Waals surface area contributed by atoms with Gasteiger partial charge in [0.05, 0.1) is 13.0 Å². The minimum atomic E-state index is -0.250. The predicted molar refractivity (Wildman–Crippen MR) is 112 cm³/mol. The van der Waals surface area contributed by atoms with Crippen LogP contribution in [0.25, 0.3) is 0 Å². The quantitative estimate of drug-likeness (QED) is 0.792. The molecule has 2 saturated carbocycles. The van der Waals surface area contributed by atoms with Crippen molar-refractivity contribution in [3.8, 4) is 5.75 Å². The van der Waals surface area contributed by atoms with Gasteiger partial charge in [-0.05, 0) is 49.3 Å². The molecule has 0 aromatic heterocycles. The van der Waals surface area contributed by atoms with Gasteiger partial charge in [-0.25, -0.2) is 4.39 Å². The van der Waals surface area contributed by atoms with Gasteiger partial charge in [-0.1, -0.05) is 0 Å². The highest BCUT2D eigenvalue weighted by atomic mass is 35.5. The number of benzene rings is 1. The molecule has 0 radical (unpaired) electrons. The Morgan fingerprint density at radius 3 is 2.46 bits per heavy atom. The summed E-state index contributed by atoms with van der Waals surface area (Å²) in [6.45, 7) is 3.66. The largest absolute Gasteiger partial charge is 0.496 e. The monoisotopic (exact) mass is 433 g/mol. The van der Waals surface area contributed by atoms with Crippen LogP contribution in [0.15, 0.2) is 18.2 Å². The summed E-state index contributed by atoms with van der Waals surface area (Å²) in [6.07, 6.45) is 3.49. The van der Waals surface area contributed by atoms with Gasteiger partial charge in [0.1, 0.15) is 11.6 Å². The Balaban J connectivity index is 0.00000140. The molecule has 1 heterocycles. The third-order valence-electron chi connectivity index (χ3n) is 6.59. The average molecular weight is 434 g/mol. The lowest BCUT2D eigenvalue weighted by atomic mass is 9.84. The fourth-order valence-corrected chi connectivity index (χ4v) is 5.15. The molecule has 8 heteroatoms. The van der Waals surface area contributed by atoms with E-state index in [0.29, 0.717) is 24.1 Å². The number of methoxy groups -OCH3 is 1. The van der Waals surface area contributed by atoms with E-state index in [2.05, 4.69) is 4.90 Å². The third kappa shape index (κ3) is 4.40. The number of amides is 1. The number of carbonyl (C=O) groups excluding carboxylic acids is 1. The molecule has 3 fully saturated rings. The molecule has 28 heavy (non-hydrogen) atoms. The molecule has 2 bridgehead atoms. The first-order valence-corrected chi connectivity index (χ1v) is 9.66. The molecule has 5 nitrogen and oxygen atoms in total. The van der Waals surface area contributed by atoms with E-state index >= 15 is 0 Å². The average Bonchev–Trinajstić information content (AvgIpc) is 3.23. The molecule has 158 valence electrons. The van der Waals surface area contributed by atoms with Gasteiger partial charge in [0, 0.05) is 44.3 Å². The van der Waals surface area contributed by atoms with Crippen molar-refractivity contribution in [3.05, 3.63) is 29.6 Å². The number of fused-ring (bicyclic) bond motifs is 2. The lowest BCUT2D eigenvalue weighted by molar-refractivity contribution is -0.139. The number of nitrogens with zero attached hydrogens (tertiary/aromatic N) is 2. The number of ether oxygens (including phenoxy) is 1. The van der Waals surface area contributed by atoms with Crippen molar-refractivity contribution in [2.24, 2.45) is 23.5 Å². The van der Waals surface area contributed by atoms with Gasteiger partial charge in [-0.3, -0.25) is 9.69 Å². The van der Waals surface area contributed by atoms with E-state index in [9.17, 15) is 9.18 Å². The molecule has 1 aromatic rings. The number of piperazine rings is 1. The van der Waals surface area contributed by atoms with Crippen molar-refractivity contribution in [3.63, 3.8) is 0 Å². The van der Waals surface area contributed by atoms with Crippen LogP contribution < -0.4 is 10.5 Å². The summed E-state index contributed by atoms with van der Waals surface area (Å²) in [5.74, 6) is 1.79. The Hall–Kier alpha value is -1.08. The summed E-state index contributed by atoms with van der Waals surface area (Å²) in [4.78, 5) is 17.2. The summed E-state index contributed by atoms with van der Waals surface area (Å²) < 4.78 is 18.9. The number of hydrogen-bond donors (Lipinski definition) is 1. The van der Waals surface area contributed by atoms with Crippen LogP contribution >= 0.6 is 24.8 Å². The van der Waals surface area contributed by atoms with Crippen LogP contribution in [0.1, 0.15) is 24.8 Å². The second-order valence-electron chi connectivity index (χ2n) is 7.99. The van der Waals surface area contributed by atoms with Crippen molar-refractivity contribution < 1.29 is 13.9 Å². The molecular formula is C20H30Cl2FN3O2. The first-order valence-electron chi connectivity index (χ1n) is 9.66. The van der Waals surface area contributed by atoms with Gasteiger partial charge in [0.25, 0.3) is 0 Å². The van der Waals surface area contributed by atoms with Gasteiger partial charge in [-0.2, -0.15) is 0 Å². The van der Waals surface area contributed by atoms with Gasteiger partial charge in [-0.15, -0.1) is 24.8 Å². The van der Waals surface area contributed by atoms with Crippen molar-refractivity contribution >= 4 is 30.7 Å². The maximum Gasteiger partial charge on any atom is 0.227 e. The Labute approximate surface area is 178 Å². The Morgan fingerprint density at radius 1 is 1.18 bits per heavy atom. The van der Waals surface area contributed by atoms with Gasteiger partial charge in [0.15, 0.2) is 0 Å². The predicted octanol–water partition coefficient (Wildman–Crippen LogP) is 2.70. The fourth-order valence-electron chi connectivity index (χ4n) is 5.15. The molecule has 1 amide bonds. The molecule has 2 N–H and O–H groups in total. The second kappa shape index (κ2) is 9.61. The number of nitrogens with two attached hydrogens (primary N) is 1. The van der Waals surface area contributed by atoms with E-state index in [4.69, 9.17) is 10.5 Å². The van der Waals surface area contributed by atoms with E-state index in [-0.39, 0.29) is 48.5 Å². The molecule has 4 rings (SSSR count). The first kappa shape index (κ1) is 23.2. The molecule has 1 aliphatic heterocycles. The third-order valence-corrected chi connectivity index (χ3v) is 6.59. The minimum Gasteiger partial charge on any atom is -0.496 e. The highest BCUT2D eigenvalue weighted by Gasteiger charge is 2.50. The van der Waals surface area contributed by atoms with Crippen LogP contribution in [0.2, 0.25) is 0 Å². The molecule has 2 aliphatic carbocycles. The number of hydrogen-bond acceptors (Lipinski definition) is 4. The van der Waals surface area contributed by atoms with Crippen molar-refractivity contribution in [2.45, 2.75) is 31.8 Å². The lowest BCUT2D eigenvalue weighted by Gasteiger charge is -2.38. The number of carbonyl (C=O) groups is 1. The van der Waals surface area contributed by atoms with E-state index < -0.39 is 0 Å². The molecule has 1 saturated heterocycles. The Kier molecular flexibility index (Phi) is 7.97. The van der Waals surface area contributed by atoms with Gasteiger partial charge < -0.3 is 15.4 Å². The van der Waals surface area contributed by atoms with Crippen molar-refractivity contribution in [2.75, 3.05) is 33.3 Å². The summed E-state index contributed by atoms with van der Waals surface area (Å²) in [6, 6.07) is 4.67. The normalized spacial score (nSPS) is 29.2. The molecular weight excluding hydrogens is 404 g/mol. The highest BCUT2D eigenvalue weighted by Crippen LogP contribution is 2.48. The zero-order valence-electron chi connectivity index (χ0n) is 16.2. The van der Waals surface area contributed by atoms with Gasteiger partial charge >= 0.3 is 0 Å². The van der Waals surface area contributed by atoms with Crippen LogP contribution in [-0.2, 0) is 11.3 Å². The van der Waals surface area contributed by atoms with Crippen molar-refractivity contribution in [1.29, 1.82) is 0 Å². The minimum absolute atomic E-state index is 0. The summed E-state index contributed by atoms with van der Waals surface area (Å²) >= 11 is 0. The van der Waals surface area contributed by atoms with E-state index in [1.165, 1.54) is 18.6 Å². The SMILES string of the molecule is COc1ccc(F)cc1CN1CCN(C(=O)C2C3CCC(C3)C2N)CC1.Cl.Cl. The fraction of sp³-hybridized carbons (Fsp3) is 0.650. The molecule has 3 aliphatic rings. The number of halogens is 3. The second-order valence-corrected chi connectivity index (χ2v) is 7.99. The van der Waals surface area contributed by atoms with Crippen LogP contribution in [-0.4, -0.2) is 55.0 Å². The Bertz CT molecular complexity index is 683.